The molecule has 0 aliphatic heterocycles. The van der Waals surface area contributed by atoms with Gasteiger partial charge in [-0.2, -0.15) is 5.10 Å². The Morgan fingerprint density at radius 1 is 1.36 bits per heavy atom. The van der Waals surface area contributed by atoms with E-state index in [4.69, 9.17) is 0 Å². The molecule has 0 fully saturated rings. The Hall–Kier alpha value is -2.21. The van der Waals surface area contributed by atoms with Crippen LogP contribution in [-0.2, 0) is 0 Å². The molecule has 0 bridgehead atoms. The summed E-state index contributed by atoms with van der Waals surface area (Å²) >= 11 is 0. The Morgan fingerprint density at radius 3 is 2.64 bits per heavy atom. The van der Waals surface area contributed by atoms with Crippen molar-refractivity contribution in [2.45, 2.75) is 39.8 Å². The molecule has 0 saturated carbocycles. The predicted octanol–water partition coefficient (Wildman–Crippen LogP) is 2.01. The van der Waals surface area contributed by atoms with Gasteiger partial charge in [0.05, 0.1) is 6.10 Å². The van der Waals surface area contributed by atoms with E-state index < -0.39 is 6.10 Å². The predicted molar refractivity (Wildman–Crippen MR) is 84.4 cm³/mol. The lowest BCUT2D eigenvalue weighted by molar-refractivity contribution is 0.0579. The van der Waals surface area contributed by atoms with Crippen molar-refractivity contribution in [1.29, 1.82) is 0 Å². The van der Waals surface area contributed by atoms with E-state index in [0.717, 1.165) is 11.4 Å². The van der Waals surface area contributed by atoms with Crippen molar-refractivity contribution >= 4 is 5.91 Å². The summed E-state index contributed by atoms with van der Waals surface area (Å²) < 4.78 is 0. The molecule has 1 heterocycles. The standard InChI is InChI=1S/C16H22N4O2/c1-10(2)20(9-11(3)21)16(22)14-7-5-6-13(8-14)15-17-12(4)18-19-15/h5-8,10-11,21H,9H2,1-4H3,(H,17,18,19). The maximum Gasteiger partial charge on any atom is 0.254 e. The maximum absolute atomic E-state index is 12.7. The Bertz CT molecular complexity index is 649. The lowest BCUT2D eigenvalue weighted by atomic mass is 10.1. The van der Waals surface area contributed by atoms with Crippen LogP contribution in [0.1, 0.15) is 37.0 Å². The lowest BCUT2D eigenvalue weighted by Crippen LogP contribution is -2.41. The summed E-state index contributed by atoms with van der Waals surface area (Å²) in [6.45, 7) is 7.68. The molecule has 2 rings (SSSR count). The SMILES string of the molecule is Cc1nc(-c2cccc(C(=O)N(CC(C)O)C(C)C)c2)n[nH]1. The molecular weight excluding hydrogens is 280 g/mol. The minimum absolute atomic E-state index is 0.0107. The average Bonchev–Trinajstić information content (AvgIpc) is 2.90. The molecule has 2 N–H and O–H groups in total. The van der Waals surface area contributed by atoms with E-state index in [1.165, 1.54) is 0 Å². The number of aryl methyl sites for hydroxylation is 1. The quantitative estimate of drug-likeness (QED) is 0.885. The zero-order valence-electron chi connectivity index (χ0n) is 13.4. The highest BCUT2D eigenvalue weighted by Crippen LogP contribution is 2.18. The Kier molecular flexibility index (Phi) is 4.92. The third-order valence-electron chi connectivity index (χ3n) is 3.31. The molecule has 0 radical (unpaired) electrons. The zero-order valence-corrected chi connectivity index (χ0v) is 13.4. The van der Waals surface area contributed by atoms with Gasteiger partial charge in [-0.05, 0) is 39.8 Å². The molecule has 1 atom stereocenters. The maximum atomic E-state index is 12.7. The van der Waals surface area contributed by atoms with Crippen molar-refractivity contribution in [3.63, 3.8) is 0 Å². The third-order valence-corrected chi connectivity index (χ3v) is 3.31. The van der Waals surface area contributed by atoms with Crippen LogP contribution >= 0.6 is 0 Å². The molecule has 118 valence electrons. The topological polar surface area (TPSA) is 82.1 Å². The molecule has 1 aromatic carbocycles. The van der Waals surface area contributed by atoms with E-state index in [-0.39, 0.29) is 11.9 Å². The van der Waals surface area contributed by atoms with Crippen LogP contribution in [0, 0.1) is 6.92 Å². The number of hydrogen-bond donors (Lipinski definition) is 2. The van der Waals surface area contributed by atoms with Crippen LogP contribution < -0.4 is 0 Å². The summed E-state index contributed by atoms with van der Waals surface area (Å²) in [5, 5.41) is 16.5. The van der Waals surface area contributed by atoms with Gasteiger partial charge in [0, 0.05) is 23.7 Å². The fourth-order valence-electron chi connectivity index (χ4n) is 2.24. The number of aromatic nitrogens is 3. The van der Waals surface area contributed by atoms with E-state index in [9.17, 15) is 9.90 Å². The van der Waals surface area contributed by atoms with Crippen LogP contribution in [-0.4, -0.2) is 49.8 Å². The van der Waals surface area contributed by atoms with Gasteiger partial charge in [0.1, 0.15) is 5.82 Å². The highest BCUT2D eigenvalue weighted by atomic mass is 16.3. The number of hydrogen-bond acceptors (Lipinski definition) is 4. The first-order valence-electron chi connectivity index (χ1n) is 7.37. The first-order valence-corrected chi connectivity index (χ1v) is 7.37. The van der Waals surface area contributed by atoms with Gasteiger partial charge in [-0.1, -0.05) is 12.1 Å². The van der Waals surface area contributed by atoms with Crippen molar-refractivity contribution in [3.8, 4) is 11.4 Å². The van der Waals surface area contributed by atoms with Crippen molar-refractivity contribution in [3.05, 3.63) is 35.7 Å². The number of benzene rings is 1. The summed E-state index contributed by atoms with van der Waals surface area (Å²) in [4.78, 5) is 18.6. The summed E-state index contributed by atoms with van der Waals surface area (Å²) in [7, 11) is 0. The first kappa shape index (κ1) is 16.2. The highest BCUT2D eigenvalue weighted by molar-refractivity contribution is 5.95. The summed E-state index contributed by atoms with van der Waals surface area (Å²) in [5.74, 6) is 1.19. The number of nitrogens with zero attached hydrogens (tertiary/aromatic N) is 3. The largest absolute Gasteiger partial charge is 0.392 e. The Labute approximate surface area is 130 Å². The van der Waals surface area contributed by atoms with Crippen LogP contribution in [0.2, 0.25) is 0 Å². The van der Waals surface area contributed by atoms with E-state index >= 15 is 0 Å². The Balaban J connectivity index is 2.29. The van der Waals surface area contributed by atoms with Crippen molar-refractivity contribution < 1.29 is 9.90 Å². The van der Waals surface area contributed by atoms with Gasteiger partial charge in [-0.3, -0.25) is 9.89 Å². The number of aliphatic hydroxyl groups excluding tert-OH is 1. The molecule has 0 spiro atoms. The molecule has 6 heteroatoms. The molecule has 0 aliphatic carbocycles. The highest BCUT2D eigenvalue weighted by Gasteiger charge is 2.20. The van der Waals surface area contributed by atoms with E-state index in [0.29, 0.717) is 17.9 Å². The van der Waals surface area contributed by atoms with Gasteiger partial charge in [0.25, 0.3) is 5.91 Å². The molecular formula is C16H22N4O2. The first-order chi connectivity index (χ1) is 10.4. The van der Waals surface area contributed by atoms with Crippen molar-refractivity contribution in [2.75, 3.05) is 6.54 Å². The minimum atomic E-state index is -0.565. The van der Waals surface area contributed by atoms with Gasteiger partial charge in [0.2, 0.25) is 0 Å². The zero-order chi connectivity index (χ0) is 16.3. The smallest absolute Gasteiger partial charge is 0.254 e. The molecule has 6 nitrogen and oxygen atoms in total. The molecule has 2 aromatic rings. The second kappa shape index (κ2) is 6.70. The summed E-state index contributed by atoms with van der Waals surface area (Å²) in [6, 6.07) is 7.24. The number of carbonyl (C=O) groups is 1. The minimum Gasteiger partial charge on any atom is -0.392 e. The van der Waals surface area contributed by atoms with Gasteiger partial charge in [-0.25, -0.2) is 4.98 Å². The van der Waals surface area contributed by atoms with Gasteiger partial charge in [0.15, 0.2) is 5.82 Å². The number of carbonyl (C=O) groups excluding carboxylic acids is 1. The Morgan fingerprint density at radius 2 is 2.09 bits per heavy atom. The lowest BCUT2D eigenvalue weighted by Gasteiger charge is -2.28. The molecule has 0 saturated heterocycles. The number of nitrogens with one attached hydrogen (secondary N) is 1. The van der Waals surface area contributed by atoms with E-state index in [2.05, 4.69) is 15.2 Å². The van der Waals surface area contributed by atoms with Gasteiger partial charge < -0.3 is 10.0 Å². The number of rotatable bonds is 5. The van der Waals surface area contributed by atoms with Crippen molar-refractivity contribution in [2.24, 2.45) is 0 Å². The van der Waals surface area contributed by atoms with E-state index in [1.807, 2.05) is 32.9 Å². The molecule has 1 aromatic heterocycles. The van der Waals surface area contributed by atoms with Crippen LogP contribution in [0.4, 0.5) is 0 Å². The molecule has 1 unspecified atom stereocenters. The fraction of sp³-hybridized carbons (Fsp3) is 0.438. The summed E-state index contributed by atoms with van der Waals surface area (Å²) in [5.41, 5.74) is 1.35. The third kappa shape index (κ3) is 3.71. The van der Waals surface area contributed by atoms with Crippen LogP contribution in [0.3, 0.4) is 0 Å². The van der Waals surface area contributed by atoms with Gasteiger partial charge >= 0.3 is 0 Å². The number of amides is 1. The van der Waals surface area contributed by atoms with Crippen molar-refractivity contribution in [1.82, 2.24) is 20.1 Å². The van der Waals surface area contributed by atoms with Crippen LogP contribution in [0.15, 0.2) is 24.3 Å². The number of H-pyrrole nitrogens is 1. The normalized spacial score (nSPS) is 12.5. The fourth-order valence-corrected chi connectivity index (χ4v) is 2.24. The monoisotopic (exact) mass is 302 g/mol. The second-order valence-electron chi connectivity index (χ2n) is 5.73. The number of aromatic amines is 1. The van der Waals surface area contributed by atoms with Gasteiger partial charge in [-0.15, -0.1) is 0 Å². The number of aliphatic hydroxyl groups is 1. The average molecular weight is 302 g/mol. The van der Waals surface area contributed by atoms with E-state index in [1.54, 1.807) is 24.0 Å². The van der Waals surface area contributed by atoms with Crippen LogP contribution in [0.5, 0.6) is 0 Å². The second-order valence-corrected chi connectivity index (χ2v) is 5.73. The molecule has 22 heavy (non-hydrogen) atoms. The van der Waals surface area contributed by atoms with Crippen LogP contribution in [0.25, 0.3) is 11.4 Å². The summed E-state index contributed by atoms with van der Waals surface area (Å²) in [6.07, 6.45) is -0.565. The molecule has 0 aliphatic rings. The molecule has 1 amide bonds.